The second kappa shape index (κ2) is 7.06. The van der Waals surface area contributed by atoms with Gasteiger partial charge in [-0.25, -0.2) is 4.79 Å². The molecule has 0 radical (unpaired) electrons. The highest BCUT2D eigenvalue weighted by Gasteiger charge is 2.31. The summed E-state index contributed by atoms with van der Waals surface area (Å²) in [5.74, 6) is 0.684. The van der Waals surface area contributed by atoms with Crippen molar-refractivity contribution in [3.05, 3.63) is 11.8 Å². The Balaban J connectivity index is 1.95. The largest absolute Gasteiger partial charge is 0.444 e. The quantitative estimate of drug-likeness (QED) is 0.880. The number of carbonyl (C=O) groups is 2. The maximum absolute atomic E-state index is 12.5. The van der Waals surface area contributed by atoms with Gasteiger partial charge in [-0.1, -0.05) is 25.9 Å². The molecule has 25 heavy (non-hydrogen) atoms. The van der Waals surface area contributed by atoms with Crippen molar-refractivity contribution in [2.45, 2.75) is 65.4 Å². The number of ether oxygens (including phenoxy) is 1. The molecule has 0 aromatic carbocycles. The third-order valence-electron chi connectivity index (χ3n) is 3.94. The van der Waals surface area contributed by atoms with Crippen LogP contribution in [0.15, 0.2) is 10.6 Å². The van der Waals surface area contributed by atoms with E-state index in [9.17, 15) is 9.59 Å². The van der Waals surface area contributed by atoms with Crippen molar-refractivity contribution in [3.8, 4) is 0 Å². The number of anilines is 1. The third kappa shape index (κ3) is 5.47. The Morgan fingerprint density at radius 1 is 1.28 bits per heavy atom. The lowest BCUT2D eigenvalue weighted by Crippen LogP contribution is -2.45. The van der Waals surface area contributed by atoms with E-state index in [2.05, 4.69) is 10.5 Å². The molecule has 1 saturated heterocycles. The molecule has 0 spiro atoms. The maximum atomic E-state index is 12.5. The first kappa shape index (κ1) is 19.3. The second-order valence-electron chi connectivity index (χ2n) is 8.58. The van der Waals surface area contributed by atoms with Crippen LogP contribution >= 0.6 is 0 Å². The minimum Gasteiger partial charge on any atom is -0.444 e. The molecule has 0 aliphatic carbocycles. The molecule has 1 aromatic heterocycles. The second-order valence-corrected chi connectivity index (χ2v) is 8.58. The monoisotopic (exact) mass is 351 g/mol. The van der Waals surface area contributed by atoms with Crippen LogP contribution in [0.3, 0.4) is 0 Å². The minimum atomic E-state index is -0.545. The zero-order valence-electron chi connectivity index (χ0n) is 16.0. The molecule has 1 N–H and O–H groups in total. The lowest BCUT2D eigenvalue weighted by atomic mass is 9.93. The number of aromatic nitrogens is 1. The average Bonchev–Trinajstić information content (AvgIpc) is 2.94. The van der Waals surface area contributed by atoms with Gasteiger partial charge in [0.15, 0.2) is 5.82 Å². The van der Waals surface area contributed by atoms with Crippen LogP contribution in [0.4, 0.5) is 10.6 Å². The predicted molar refractivity (Wildman–Crippen MR) is 94.4 cm³/mol. The first-order chi connectivity index (χ1) is 11.5. The highest BCUT2D eigenvalue weighted by atomic mass is 16.6. The Morgan fingerprint density at radius 3 is 2.52 bits per heavy atom. The van der Waals surface area contributed by atoms with Gasteiger partial charge in [0.25, 0.3) is 0 Å². The number of rotatable bonds is 2. The minimum absolute atomic E-state index is 0.151. The van der Waals surface area contributed by atoms with Crippen molar-refractivity contribution >= 4 is 17.8 Å². The standard InChI is InChI=1S/C18H29N3O4/c1-17(2,3)13-10-14(20-25-13)19-15(22)12-8-7-9-21(11-12)16(23)24-18(4,5)6/h10,12H,7-9,11H2,1-6H3,(H,19,20,22)/t12-/m1/s1. The summed E-state index contributed by atoms with van der Waals surface area (Å²) >= 11 is 0. The number of nitrogens with zero attached hydrogens (tertiary/aromatic N) is 2. The number of amides is 2. The molecule has 2 rings (SSSR count). The van der Waals surface area contributed by atoms with Gasteiger partial charge in [-0.15, -0.1) is 0 Å². The van der Waals surface area contributed by atoms with E-state index < -0.39 is 5.60 Å². The van der Waals surface area contributed by atoms with Crippen molar-refractivity contribution in [2.24, 2.45) is 5.92 Å². The molecule has 140 valence electrons. The number of hydrogen-bond acceptors (Lipinski definition) is 5. The number of carbonyl (C=O) groups excluding carboxylic acids is 2. The Kier molecular flexibility index (Phi) is 5.44. The van der Waals surface area contributed by atoms with Gasteiger partial charge in [-0.3, -0.25) is 4.79 Å². The Bertz CT molecular complexity index is 625. The van der Waals surface area contributed by atoms with Crippen molar-refractivity contribution in [2.75, 3.05) is 18.4 Å². The summed E-state index contributed by atoms with van der Waals surface area (Å²) in [6, 6.07) is 1.74. The molecule has 7 nitrogen and oxygen atoms in total. The van der Waals surface area contributed by atoms with Crippen LogP contribution < -0.4 is 5.32 Å². The molecular weight excluding hydrogens is 322 g/mol. The predicted octanol–water partition coefficient (Wildman–Crippen LogP) is 3.56. The molecule has 1 aliphatic rings. The number of likely N-dealkylation sites (tertiary alicyclic amines) is 1. The summed E-state index contributed by atoms with van der Waals surface area (Å²) < 4.78 is 10.7. The molecule has 1 atom stereocenters. The van der Waals surface area contributed by atoms with Crippen LogP contribution in [-0.4, -0.2) is 40.7 Å². The fourth-order valence-corrected chi connectivity index (χ4v) is 2.60. The van der Waals surface area contributed by atoms with Gasteiger partial charge in [0.05, 0.1) is 5.92 Å². The van der Waals surface area contributed by atoms with Crippen LogP contribution in [0.5, 0.6) is 0 Å². The third-order valence-corrected chi connectivity index (χ3v) is 3.94. The normalized spacial score (nSPS) is 18.8. The Labute approximate surface area is 149 Å². The SMILES string of the molecule is CC(C)(C)OC(=O)N1CCC[C@@H](C(=O)Nc2cc(C(C)(C)C)on2)C1. The summed E-state index contributed by atoms with van der Waals surface area (Å²) in [6.45, 7) is 12.5. The highest BCUT2D eigenvalue weighted by Crippen LogP contribution is 2.25. The molecule has 2 amide bonds. The van der Waals surface area contributed by atoms with Gasteiger partial charge in [0.2, 0.25) is 5.91 Å². The lowest BCUT2D eigenvalue weighted by Gasteiger charge is -2.33. The summed E-state index contributed by atoms with van der Waals surface area (Å²) in [5.41, 5.74) is -0.718. The van der Waals surface area contributed by atoms with E-state index in [0.717, 1.165) is 12.8 Å². The van der Waals surface area contributed by atoms with Gasteiger partial charge in [-0.05, 0) is 33.6 Å². The maximum Gasteiger partial charge on any atom is 0.410 e. The van der Waals surface area contributed by atoms with Gasteiger partial charge < -0.3 is 19.5 Å². The number of hydrogen-bond donors (Lipinski definition) is 1. The van der Waals surface area contributed by atoms with E-state index >= 15 is 0 Å². The molecular formula is C18H29N3O4. The van der Waals surface area contributed by atoms with Crippen molar-refractivity contribution < 1.29 is 18.8 Å². The molecule has 0 unspecified atom stereocenters. The topological polar surface area (TPSA) is 84.7 Å². The van der Waals surface area contributed by atoms with E-state index in [-0.39, 0.29) is 23.3 Å². The molecule has 1 fully saturated rings. The molecule has 2 heterocycles. The van der Waals surface area contributed by atoms with E-state index in [1.165, 1.54) is 0 Å². The lowest BCUT2D eigenvalue weighted by molar-refractivity contribution is -0.121. The van der Waals surface area contributed by atoms with Gasteiger partial charge in [0, 0.05) is 24.6 Å². The fraction of sp³-hybridized carbons (Fsp3) is 0.722. The number of piperidine rings is 1. The first-order valence-electron chi connectivity index (χ1n) is 8.72. The summed E-state index contributed by atoms with van der Waals surface area (Å²) in [5, 5.41) is 6.70. The molecule has 0 bridgehead atoms. The summed E-state index contributed by atoms with van der Waals surface area (Å²) in [7, 11) is 0. The summed E-state index contributed by atoms with van der Waals surface area (Å²) in [4.78, 5) is 26.3. The van der Waals surface area contributed by atoms with Gasteiger partial charge in [-0.2, -0.15) is 0 Å². The zero-order chi connectivity index (χ0) is 18.8. The van der Waals surface area contributed by atoms with Gasteiger partial charge >= 0.3 is 6.09 Å². The van der Waals surface area contributed by atoms with E-state index in [4.69, 9.17) is 9.26 Å². The summed E-state index contributed by atoms with van der Waals surface area (Å²) in [6.07, 6.45) is 1.12. The van der Waals surface area contributed by atoms with Crippen molar-refractivity contribution in [3.63, 3.8) is 0 Å². The highest BCUT2D eigenvalue weighted by molar-refractivity contribution is 5.92. The van der Waals surface area contributed by atoms with E-state index in [1.807, 2.05) is 41.5 Å². The molecule has 7 heteroatoms. The first-order valence-corrected chi connectivity index (χ1v) is 8.72. The molecule has 0 saturated carbocycles. The molecule has 1 aliphatic heterocycles. The van der Waals surface area contributed by atoms with Crippen LogP contribution in [0.2, 0.25) is 0 Å². The van der Waals surface area contributed by atoms with E-state index in [1.54, 1.807) is 11.0 Å². The van der Waals surface area contributed by atoms with E-state index in [0.29, 0.717) is 24.7 Å². The van der Waals surface area contributed by atoms with Crippen molar-refractivity contribution in [1.82, 2.24) is 10.1 Å². The number of nitrogens with one attached hydrogen (secondary N) is 1. The fourth-order valence-electron chi connectivity index (χ4n) is 2.60. The zero-order valence-corrected chi connectivity index (χ0v) is 16.0. The van der Waals surface area contributed by atoms with Gasteiger partial charge in [0.1, 0.15) is 11.4 Å². The molecule has 1 aromatic rings. The van der Waals surface area contributed by atoms with Crippen molar-refractivity contribution in [1.29, 1.82) is 0 Å². The Morgan fingerprint density at radius 2 is 1.96 bits per heavy atom. The van der Waals surface area contributed by atoms with Crippen LogP contribution in [0.1, 0.15) is 60.1 Å². The Hall–Kier alpha value is -2.05. The smallest absolute Gasteiger partial charge is 0.410 e. The average molecular weight is 351 g/mol. The van der Waals surface area contributed by atoms with Crippen LogP contribution in [0.25, 0.3) is 0 Å². The van der Waals surface area contributed by atoms with Crippen LogP contribution in [0, 0.1) is 5.92 Å². The van der Waals surface area contributed by atoms with Crippen LogP contribution in [-0.2, 0) is 14.9 Å².